The summed E-state index contributed by atoms with van der Waals surface area (Å²) < 4.78 is 28.3. The van der Waals surface area contributed by atoms with Crippen molar-refractivity contribution in [2.45, 2.75) is 128 Å². The first-order valence-corrected chi connectivity index (χ1v) is 19.9. The number of benzene rings is 2. The molecule has 0 spiro atoms. The van der Waals surface area contributed by atoms with Gasteiger partial charge in [-0.1, -0.05) is 115 Å². The Kier molecular flexibility index (Phi) is 26.3. The van der Waals surface area contributed by atoms with Crippen molar-refractivity contribution in [3.8, 4) is 28.4 Å². The van der Waals surface area contributed by atoms with E-state index in [1.165, 1.54) is 76.4 Å². The Morgan fingerprint density at radius 2 is 0.865 bits per heavy atom. The number of aliphatic hydroxyl groups is 1. The zero-order valence-electron chi connectivity index (χ0n) is 31.8. The minimum Gasteiger partial charge on any atom is -0.494 e. The number of hydrogen-bond donors (Lipinski definition) is 1. The van der Waals surface area contributed by atoms with Crippen LogP contribution >= 0.6 is 0 Å². The topological polar surface area (TPSA) is 101 Å². The van der Waals surface area contributed by atoms with E-state index < -0.39 is 0 Å². The minimum absolute atomic E-state index is 0.161. The van der Waals surface area contributed by atoms with Gasteiger partial charge in [0.1, 0.15) is 17.2 Å². The fourth-order valence-corrected chi connectivity index (χ4v) is 5.80. The molecule has 0 saturated heterocycles. The molecule has 0 aliphatic heterocycles. The van der Waals surface area contributed by atoms with Crippen LogP contribution in [0.2, 0.25) is 0 Å². The fraction of sp³-hybridized carbons (Fsp3) is 0.591. The van der Waals surface area contributed by atoms with Gasteiger partial charge in [0.2, 0.25) is 0 Å². The number of rotatable bonds is 34. The second-order valence-electron chi connectivity index (χ2n) is 13.3. The summed E-state index contributed by atoms with van der Waals surface area (Å²) in [6, 6.07) is 14.3. The summed E-state index contributed by atoms with van der Waals surface area (Å²) in [7, 11) is 0. The van der Waals surface area contributed by atoms with Gasteiger partial charge in [0.15, 0.2) is 0 Å². The van der Waals surface area contributed by atoms with Crippen LogP contribution in [0.25, 0.3) is 11.1 Å². The summed E-state index contributed by atoms with van der Waals surface area (Å²) in [6.45, 7) is 9.87. The van der Waals surface area contributed by atoms with Gasteiger partial charge < -0.3 is 28.8 Å². The molecule has 52 heavy (non-hydrogen) atoms. The Balaban J connectivity index is 1.64. The number of ether oxygens (including phenoxy) is 5. The molecule has 2 aromatic rings. The monoisotopic (exact) mass is 722 g/mol. The van der Waals surface area contributed by atoms with Crippen LogP contribution in [-0.2, 0) is 19.1 Å². The largest absolute Gasteiger partial charge is 0.494 e. The zero-order valence-corrected chi connectivity index (χ0v) is 31.8. The average Bonchev–Trinajstić information content (AvgIpc) is 3.17. The molecular weight excluding hydrogens is 656 g/mol. The van der Waals surface area contributed by atoms with E-state index in [0.29, 0.717) is 32.8 Å². The maximum Gasteiger partial charge on any atom is 0.330 e. The Morgan fingerprint density at radius 1 is 0.481 bits per heavy atom. The molecule has 0 aromatic heterocycles. The van der Waals surface area contributed by atoms with E-state index in [-0.39, 0.29) is 18.5 Å². The van der Waals surface area contributed by atoms with Crippen LogP contribution in [0, 0.1) is 0 Å². The van der Waals surface area contributed by atoms with Crippen LogP contribution in [-0.4, -0.2) is 56.7 Å². The van der Waals surface area contributed by atoms with E-state index in [4.69, 9.17) is 23.7 Å². The van der Waals surface area contributed by atoms with Gasteiger partial charge in [-0.3, -0.25) is 0 Å². The number of esters is 2. The van der Waals surface area contributed by atoms with Gasteiger partial charge in [0.25, 0.3) is 0 Å². The first-order valence-electron chi connectivity index (χ1n) is 19.9. The van der Waals surface area contributed by atoms with Gasteiger partial charge in [-0.2, -0.15) is 0 Å². The Labute approximate surface area is 313 Å². The van der Waals surface area contributed by atoms with E-state index in [0.717, 1.165) is 92.8 Å². The standard InChI is InChI=1S/C44H66O8/c1-3-43(46)51-35-22-17-13-8-6-5-7-11-15-20-32-48-39-27-25-38(26-28-39)41-30-29-40(37-42(41)50-34-24-19-31-45)49-33-21-16-12-9-10-14-18-23-36-52-44(47)4-2/h3-4,25-30,37,45H,1-2,5-24,31-36H2. The van der Waals surface area contributed by atoms with E-state index in [9.17, 15) is 14.7 Å². The first kappa shape index (κ1) is 44.4. The van der Waals surface area contributed by atoms with Crippen molar-refractivity contribution in [1.29, 1.82) is 0 Å². The highest BCUT2D eigenvalue weighted by molar-refractivity contribution is 5.81. The summed E-state index contributed by atoms with van der Waals surface area (Å²) in [5, 5.41) is 9.19. The lowest BCUT2D eigenvalue weighted by atomic mass is 10.0. The Hall–Kier alpha value is -3.78. The van der Waals surface area contributed by atoms with E-state index in [1.807, 2.05) is 24.3 Å². The lowest BCUT2D eigenvalue weighted by Crippen LogP contribution is -2.02. The van der Waals surface area contributed by atoms with Crippen LogP contribution in [0.4, 0.5) is 0 Å². The van der Waals surface area contributed by atoms with Gasteiger partial charge in [-0.25, -0.2) is 9.59 Å². The van der Waals surface area contributed by atoms with E-state index >= 15 is 0 Å². The lowest BCUT2D eigenvalue weighted by molar-refractivity contribution is -0.138. The highest BCUT2D eigenvalue weighted by Crippen LogP contribution is 2.35. The van der Waals surface area contributed by atoms with Gasteiger partial charge in [-0.05, 0) is 68.4 Å². The molecule has 8 nitrogen and oxygen atoms in total. The second kappa shape index (κ2) is 30.8. The minimum atomic E-state index is -0.344. The zero-order chi connectivity index (χ0) is 37.3. The summed E-state index contributed by atoms with van der Waals surface area (Å²) in [5.41, 5.74) is 2.07. The third-order valence-electron chi connectivity index (χ3n) is 8.87. The van der Waals surface area contributed by atoms with Gasteiger partial charge in [0.05, 0.1) is 33.0 Å². The molecule has 0 fully saturated rings. The second-order valence-corrected chi connectivity index (χ2v) is 13.3. The van der Waals surface area contributed by atoms with E-state index in [2.05, 4.69) is 31.4 Å². The Morgan fingerprint density at radius 3 is 1.33 bits per heavy atom. The molecule has 0 heterocycles. The molecule has 0 aliphatic rings. The fourth-order valence-electron chi connectivity index (χ4n) is 5.80. The molecule has 1 N–H and O–H groups in total. The highest BCUT2D eigenvalue weighted by Gasteiger charge is 2.10. The maximum atomic E-state index is 11.1. The van der Waals surface area contributed by atoms with Crippen LogP contribution in [0.3, 0.4) is 0 Å². The maximum absolute atomic E-state index is 11.1. The molecule has 0 aliphatic carbocycles. The summed E-state index contributed by atoms with van der Waals surface area (Å²) >= 11 is 0. The summed E-state index contributed by atoms with van der Waals surface area (Å²) in [4.78, 5) is 22.1. The number of carbonyl (C=O) groups is 2. The molecule has 290 valence electrons. The molecule has 0 radical (unpaired) electrons. The van der Waals surface area contributed by atoms with Crippen molar-refractivity contribution in [2.24, 2.45) is 0 Å². The van der Waals surface area contributed by atoms with Crippen molar-refractivity contribution >= 4 is 11.9 Å². The van der Waals surface area contributed by atoms with Crippen molar-refractivity contribution in [3.63, 3.8) is 0 Å². The number of aliphatic hydroxyl groups excluding tert-OH is 1. The Bertz CT molecular complexity index is 1230. The SMILES string of the molecule is C=CC(=O)OCCCCCCCCCCCCOc1ccc(-c2ccc(OCCCCCCCCCCOC(=O)C=C)cc2OCCCCO)cc1. The predicted octanol–water partition coefficient (Wildman–Crippen LogP) is 10.7. The van der Waals surface area contributed by atoms with Crippen LogP contribution in [0.15, 0.2) is 67.8 Å². The van der Waals surface area contributed by atoms with Gasteiger partial charge in [-0.15, -0.1) is 0 Å². The van der Waals surface area contributed by atoms with Crippen LogP contribution in [0.5, 0.6) is 17.2 Å². The van der Waals surface area contributed by atoms with Crippen molar-refractivity contribution < 1.29 is 38.4 Å². The molecule has 0 atom stereocenters. The number of hydrogen-bond acceptors (Lipinski definition) is 8. The smallest absolute Gasteiger partial charge is 0.330 e. The molecular formula is C44H66O8. The van der Waals surface area contributed by atoms with Crippen molar-refractivity contribution in [3.05, 3.63) is 67.8 Å². The first-order chi connectivity index (χ1) is 25.6. The molecule has 0 unspecified atom stereocenters. The highest BCUT2D eigenvalue weighted by atomic mass is 16.5. The van der Waals surface area contributed by atoms with E-state index in [1.54, 1.807) is 0 Å². The third-order valence-corrected chi connectivity index (χ3v) is 8.87. The number of unbranched alkanes of at least 4 members (excludes halogenated alkanes) is 17. The third kappa shape index (κ3) is 22.2. The van der Waals surface area contributed by atoms with Gasteiger partial charge >= 0.3 is 11.9 Å². The summed E-state index contributed by atoms with van der Waals surface area (Å²) in [5.74, 6) is 1.79. The molecule has 2 aromatic carbocycles. The molecule has 8 heteroatoms. The number of carbonyl (C=O) groups excluding carboxylic acids is 2. The van der Waals surface area contributed by atoms with Gasteiger partial charge in [0, 0.05) is 30.4 Å². The summed E-state index contributed by atoms with van der Waals surface area (Å²) in [6.07, 6.45) is 24.6. The normalized spacial score (nSPS) is 10.8. The predicted molar refractivity (Wildman–Crippen MR) is 210 cm³/mol. The van der Waals surface area contributed by atoms with Crippen LogP contribution in [0.1, 0.15) is 128 Å². The van der Waals surface area contributed by atoms with Crippen LogP contribution < -0.4 is 14.2 Å². The van der Waals surface area contributed by atoms with Crippen molar-refractivity contribution in [2.75, 3.05) is 39.6 Å². The lowest BCUT2D eigenvalue weighted by Gasteiger charge is -2.15. The van der Waals surface area contributed by atoms with Crippen molar-refractivity contribution in [1.82, 2.24) is 0 Å². The molecule has 0 saturated carbocycles. The molecule has 2 rings (SSSR count). The molecule has 0 bridgehead atoms. The molecule has 0 amide bonds. The average molecular weight is 723 g/mol. The quantitative estimate of drug-likeness (QED) is 0.0433.